The third-order valence-corrected chi connectivity index (χ3v) is 0. The number of rotatable bonds is 0. The molecule has 1 nitrogen and oxygen atoms in total. The van der Waals surface area contributed by atoms with E-state index in [2.05, 4.69) is 0 Å². The van der Waals surface area contributed by atoms with Crippen LogP contribution in [-0.2, 0) is 33.3 Å². The van der Waals surface area contributed by atoms with Crippen LogP contribution in [0.2, 0.25) is 0 Å². The summed E-state index contributed by atoms with van der Waals surface area (Å²) in [5, 5.41) is 0. The van der Waals surface area contributed by atoms with Gasteiger partial charge in [-0.15, -0.1) is 0 Å². The first-order chi connectivity index (χ1) is 0. The van der Waals surface area contributed by atoms with Crippen LogP contribution in [0, 0.1) is 0 Å². The van der Waals surface area contributed by atoms with Crippen molar-refractivity contribution in [3.63, 3.8) is 0 Å². The Balaban J connectivity index is 0. The molecule has 0 aromatic carbocycles. The molecule has 0 fully saturated rings. The van der Waals surface area contributed by atoms with Crippen molar-refractivity contribution in [3.05, 3.63) is 0 Å². The van der Waals surface area contributed by atoms with Gasteiger partial charge in [0.05, 0.1) is 0 Å². The molecule has 29 valence electrons. The van der Waals surface area contributed by atoms with Crippen molar-refractivity contribution in [2.75, 3.05) is 0 Å². The summed E-state index contributed by atoms with van der Waals surface area (Å²) in [7, 11) is 0. The van der Waals surface area contributed by atoms with E-state index in [1.807, 2.05) is 0 Å². The molecule has 0 saturated carbocycles. The van der Waals surface area contributed by atoms with Gasteiger partial charge in [-0.3, -0.25) is 0 Å². The monoisotopic (exact) mass is 175 g/mol. The second-order valence-electron chi connectivity index (χ2n) is 0. The molecule has 0 saturated heterocycles. The normalized spacial score (nSPS) is 0. The smallest absolute Gasteiger partial charge is 0 e. The summed E-state index contributed by atoms with van der Waals surface area (Å²) in [4.78, 5) is 0. The van der Waals surface area contributed by atoms with Gasteiger partial charge in [0.15, 0.2) is 0 Å². The Bertz CT molecular complexity index is 8.00. The molecule has 0 rings (SSSR count). The Morgan fingerprint density at radius 1 is 1.00 bits per heavy atom. The Morgan fingerprint density at radius 3 is 1.00 bits per heavy atom. The predicted molar refractivity (Wildman–Crippen MR) is 9.08 cm³/mol. The fourth-order valence-corrected chi connectivity index (χ4v) is 0. The average Bonchev–Trinajstić information content (AvgIpc) is 0. The molecule has 0 amide bonds. The third kappa shape index (κ3) is 8.88. The van der Waals surface area contributed by atoms with E-state index in [1.165, 1.54) is 0 Å². The summed E-state index contributed by atoms with van der Waals surface area (Å²) >= 11 is 0. The maximum Gasteiger partial charge on any atom is 0 e. The summed E-state index contributed by atoms with van der Waals surface area (Å²) in [6.07, 6.45) is 0. The minimum Gasteiger partial charge on any atom is -0.870 e. The molecule has 4 heavy (non-hydrogen) atoms. The average molecular weight is 176 g/mol. The number of hydrogen-bond acceptors (Lipinski definition) is 1. The van der Waals surface area contributed by atoms with Gasteiger partial charge in [-0.25, -0.2) is 0 Å². The maximum atomic E-state index is 0. The fourth-order valence-electron chi connectivity index (χ4n) is 0. The molecule has 0 aliphatic rings. The van der Waals surface area contributed by atoms with Gasteiger partial charge in [0.25, 0.3) is 0 Å². The number of hydrogen-bond donors (Lipinski definition) is 0. The molecular weight excluding hydrogens is 174 g/mol. The van der Waals surface area contributed by atoms with E-state index in [0.717, 1.165) is 0 Å². The van der Waals surface area contributed by atoms with Gasteiger partial charge >= 0.3 is 37.7 Å². The van der Waals surface area contributed by atoms with Crippen molar-refractivity contribution < 1.29 is 38.7 Å². The van der Waals surface area contributed by atoms with Crippen LogP contribution < -0.4 is 0 Å². The quantitative estimate of drug-likeness (QED) is 0.442. The Hall–Kier alpha value is 2.22. The van der Waals surface area contributed by atoms with Crippen LogP contribution in [0.25, 0.3) is 0 Å². The van der Waals surface area contributed by atoms with Crippen molar-refractivity contribution in [1.29, 1.82) is 0 Å². The molecule has 0 spiro atoms. The molecule has 0 atom stereocenters. The molecule has 1 N–H and O–H groups in total. The molecule has 0 unspecified atom stereocenters. The van der Waals surface area contributed by atoms with E-state index in [0.29, 0.717) is 0 Å². The minimum atomic E-state index is 0. The van der Waals surface area contributed by atoms with E-state index in [9.17, 15) is 0 Å². The van der Waals surface area contributed by atoms with Gasteiger partial charge < -0.3 is 5.48 Å². The Kier molecular flexibility index (Phi) is 162. The molecule has 0 bridgehead atoms. The van der Waals surface area contributed by atoms with Gasteiger partial charge in [-0.05, 0) is 0 Å². The summed E-state index contributed by atoms with van der Waals surface area (Å²) in [6.45, 7) is 0. The largest absolute Gasteiger partial charge is 0.870 e. The van der Waals surface area contributed by atoms with Crippen LogP contribution in [0.15, 0.2) is 0 Å². The summed E-state index contributed by atoms with van der Waals surface area (Å²) in [6, 6.07) is 0. The SMILES string of the molecule is [CaH+].[Co].[Ni].[OH-]. The molecule has 0 heterocycles. The zero-order valence-corrected chi connectivity index (χ0v) is 7.25. The van der Waals surface area contributed by atoms with Crippen molar-refractivity contribution in [1.82, 2.24) is 0 Å². The van der Waals surface area contributed by atoms with Crippen LogP contribution in [0.1, 0.15) is 0 Å². The Morgan fingerprint density at radius 2 is 1.00 bits per heavy atom. The first-order valence-electron chi connectivity index (χ1n) is 0. The van der Waals surface area contributed by atoms with Crippen LogP contribution in [0.3, 0.4) is 0 Å². The van der Waals surface area contributed by atoms with Crippen LogP contribution in [-0.4, -0.2) is 43.2 Å². The van der Waals surface area contributed by atoms with E-state index in [-0.39, 0.29) is 76.5 Å². The van der Waals surface area contributed by atoms with Gasteiger partial charge in [0, 0.05) is 33.3 Å². The van der Waals surface area contributed by atoms with E-state index in [4.69, 9.17) is 0 Å². The second-order valence-corrected chi connectivity index (χ2v) is 0. The van der Waals surface area contributed by atoms with Crippen molar-refractivity contribution >= 4 is 37.7 Å². The van der Waals surface area contributed by atoms with E-state index in [1.54, 1.807) is 0 Å². The molecule has 1 radical (unpaired) electrons. The zero-order chi connectivity index (χ0) is 0. The van der Waals surface area contributed by atoms with Crippen LogP contribution >= 0.6 is 0 Å². The first-order valence-corrected chi connectivity index (χ1v) is 0. The molecule has 0 aliphatic carbocycles. The first kappa shape index (κ1) is 34.4. The van der Waals surface area contributed by atoms with Crippen LogP contribution in [0.4, 0.5) is 0 Å². The molecule has 4 heteroatoms. The van der Waals surface area contributed by atoms with E-state index >= 15 is 0 Å². The molecule has 0 aliphatic heterocycles. The summed E-state index contributed by atoms with van der Waals surface area (Å²) < 4.78 is 0. The van der Waals surface area contributed by atoms with Gasteiger partial charge in [0.1, 0.15) is 0 Å². The Labute approximate surface area is 75.3 Å². The molecule has 0 aromatic rings. The third-order valence-electron chi connectivity index (χ3n) is 0. The van der Waals surface area contributed by atoms with Crippen molar-refractivity contribution in [2.24, 2.45) is 0 Å². The zero-order valence-electron chi connectivity index (χ0n) is 2.10. The van der Waals surface area contributed by atoms with Gasteiger partial charge in [-0.2, -0.15) is 0 Å². The summed E-state index contributed by atoms with van der Waals surface area (Å²) in [5.74, 6) is 0. The fraction of sp³-hybridized carbons (Fsp3) is 0. The van der Waals surface area contributed by atoms with Crippen molar-refractivity contribution in [2.45, 2.75) is 0 Å². The van der Waals surface area contributed by atoms with Gasteiger partial charge in [0.2, 0.25) is 0 Å². The molecular formula is H2CaCoNiO. The molecule has 0 aromatic heterocycles. The maximum absolute atomic E-state index is 0. The standard InChI is InChI=1S/Ca.Co.Ni.H2O.H/h;;;1H2;/q+1;;;;/p-1. The topological polar surface area (TPSA) is 30.0 Å². The van der Waals surface area contributed by atoms with Crippen molar-refractivity contribution in [3.8, 4) is 0 Å². The predicted octanol–water partition coefficient (Wildman–Crippen LogP) is -0.830. The minimum absolute atomic E-state index is 0. The van der Waals surface area contributed by atoms with Crippen LogP contribution in [0.5, 0.6) is 0 Å². The summed E-state index contributed by atoms with van der Waals surface area (Å²) in [5.41, 5.74) is 0. The van der Waals surface area contributed by atoms with E-state index < -0.39 is 0 Å². The second kappa shape index (κ2) is 18.9. The van der Waals surface area contributed by atoms with Gasteiger partial charge in [-0.1, -0.05) is 0 Å².